The molecule has 0 spiro atoms. The third-order valence-electron chi connectivity index (χ3n) is 7.90. The largest absolute Gasteiger partial charge is 0.481 e. The number of halogens is 2. The number of carbonyl (C=O) groups excluding carboxylic acids is 1. The molecule has 1 saturated heterocycles. The van der Waals surface area contributed by atoms with Crippen LogP contribution in [0.5, 0.6) is 17.4 Å². The van der Waals surface area contributed by atoms with E-state index in [0.29, 0.717) is 41.6 Å². The van der Waals surface area contributed by atoms with E-state index in [0.717, 1.165) is 5.56 Å². The average Bonchev–Trinajstić information content (AvgIpc) is 3.52. The molecule has 1 aliphatic rings. The zero-order valence-corrected chi connectivity index (χ0v) is 27.3. The lowest BCUT2D eigenvalue weighted by atomic mass is 10.0. The van der Waals surface area contributed by atoms with Crippen molar-refractivity contribution in [1.29, 1.82) is 5.26 Å². The number of likely N-dealkylation sites (tertiary alicyclic amines) is 1. The Morgan fingerprint density at radius 1 is 1.20 bits per heavy atom. The lowest BCUT2D eigenvalue weighted by Gasteiger charge is -2.37. The molecule has 0 radical (unpaired) electrons. The van der Waals surface area contributed by atoms with Gasteiger partial charge in [-0.15, -0.1) is 0 Å². The number of pyridine rings is 1. The standard InChI is InChI=1S/C34H34F2N10O3/c1-21-14-23(7-10-26(21)48-30-15-28-39-19-41-46(28)20-40-30)42-32-22(16-37)17-38-24-8-9-25(43-29(47)6-5-12-44(2)3)33(31(24)32)49-27-11-13-45(4)18-34(27,35)36/h5-10,14-15,17,19-20,27H,11-13,18H2,1-4H3,(H,38,42)(H,43,47)/b6-5+/t27-/m1/s1. The van der Waals surface area contributed by atoms with E-state index in [1.165, 1.54) is 29.4 Å². The molecule has 0 saturated carbocycles. The second-order valence-electron chi connectivity index (χ2n) is 12.0. The number of amides is 1. The van der Waals surface area contributed by atoms with Crippen LogP contribution in [0.2, 0.25) is 0 Å². The number of nitrogens with one attached hydrogen (secondary N) is 2. The number of benzene rings is 2. The average molecular weight is 669 g/mol. The highest BCUT2D eigenvalue weighted by atomic mass is 19.3. The van der Waals surface area contributed by atoms with Crippen LogP contribution < -0.4 is 20.1 Å². The number of fused-ring (bicyclic) bond motifs is 2. The number of likely N-dealkylation sites (N-methyl/N-ethyl adjacent to an activating group) is 1. The number of aromatic nitrogens is 5. The van der Waals surface area contributed by atoms with Crippen LogP contribution >= 0.6 is 0 Å². The number of carbonyl (C=O) groups is 1. The zero-order chi connectivity index (χ0) is 34.7. The van der Waals surface area contributed by atoms with Gasteiger partial charge < -0.3 is 29.9 Å². The minimum Gasteiger partial charge on any atom is -0.481 e. The molecule has 2 N–H and O–H groups in total. The molecule has 13 nitrogen and oxygen atoms in total. The number of hydrogen-bond acceptors (Lipinski definition) is 11. The molecule has 5 aromatic rings. The fourth-order valence-electron chi connectivity index (χ4n) is 5.48. The smallest absolute Gasteiger partial charge is 0.296 e. The number of aryl methyl sites for hydroxylation is 1. The number of alkyl halides is 2. The van der Waals surface area contributed by atoms with Gasteiger partial charge in [0, 0.05) is 43.5 Å². The highest BCUT2D eigenvalue weighted by Crippen LogP contribution is 2.43. The Kier molecular flexibility index (Phi) is 9.34. The molecular formula is C34H34F2N10O3. The predicted molar refractivity (Wildman–Crippen MR) is 180 cm³/mol. The SMILES string of the molecule is Cc1cc(Nc2c(C#N)cnc3ccc(NC(=O)/C=C/CN(C)C)c(O[C@@H]4CCN(C)CC4(F)F)c23)ccc1Oc1cc2ncnn2cn1. The summed E-state index contributed by atoms with van der Waals surface area (Å²) in [6.07, 6.45) is 5.93. The van der Waals surface area contributed by atoms with Gasteiger partial charge in [-0.05, 0) is 64.0 Å². The van der Waals surface area contributed by atoms with E-state index in [9.17, 15) is 10.1 Å². The monoisotopic (exact) mass is 668 g/mol. The van der Waals surface area contributed by atoms with E-state index < -0.39 is 24.5 Å². The molecule has 4 heterocycles. The van der Waals surface area contributed by atoms with Crippen molar-refractivity contribution >= 4 is 39.5 Å². The van der Waals surface area contributed by atoms with Crippen molar-refractivity contribution in [3.63, 3.8) is 0 Å². The van der Waals surface area contributed by atoms with Crippen LogP contribution in [0.3, 0.4) is 0 Å². The third kappa shape index (κ3) is 7.40. The summed E-state index contributed by atoms with van der Waals surface area (Å²) in [5, 5.41) is 20.5. The number of nitriles is 1. The van der Waals surface area contributed by atoms with Crippen molar-refractivity contribution in [1.82, 2.24) is 34.4 Å². The summed E-state index contributed by atoms with van der Waals surface area (Å²) in [5.41, 5.74) is 2.86. The van der Waals surface area contributed by atoms with Crippen LogP contribution in [0.1, 0.15) is 17.5 Å². The number of nitrogens with zero attached hydrogens (tertiary/aromatic N) is 8. The highest BCUT2D eigenvalue weighted by Gasteiger charge is 2.46. The molecule has 1 aliphatic heterocycles. The van der Waals surface area contributed by atoms with Gasteiger partial charge >= 0.3 is 0 Å². The number of anilines is 3. The summed E-state index contributed by atoms with van der Waals surface area (Å²) in [7, 11) is 5.36. The van der Waals surface area contributed by atoms with E-state index in [1.807, 2.05) is 32.0 Å². The molecular weight excluding hydrogens is 634 g/mol. The fraction of sp³-hybridized carbons (Fsp3) is 0.294. The first kappa shape index (κ1) is 33.2. The molecule has 0 unspecified atom stereocenters. The fourth-order valence-corrected chi connectivity index (χ4v) is 5.48. The van der Waals surface area contributed by atoms with Crippen molar-refractivity contribution in [2.75, 3.05) is 51.4 Å². The van der Waals surface area contributed by atoms with E-state index in [2.05, 4.69) is 36.8 Å². The van der Waals surface area contributed by atoms with Crippen molar-refractivity contribution in [3.8, 4) is 23.4 Å². The van der Waals surface area contributed by atoms with Gasteiger partial charge in [0.25, 0.3) is 5.92 Å². The summed E-state index contributed by atoms with van der Waals surface area (Å²) in [6.45, 7) is 2.28. The van der Waals surface area contributed by atoms with Crippen LogP contribution in [0.15, 0.2) is 67.4 Å². The van der Waals surface area contributed by atoms with Crippen LogP contribution in [0.4, 0.5) is 25.8 Å². The highest BCUT2D eigenvalue weighted by molar-refractivity contribution is 6.07. The van der Waals surface area contributed by atoms with Gasteiger partial charge in [0.1, 0.15) is 24.5 Å². The maximum absolute atomic E-state index is 15.4. The first-order chi connectivity index (χ1) is 23.5. The van der Waals surface area contributed by atoms with Gasteiger partial charge in [-0.2, -0.15) is 10.4 Å². The molecule has 252 valence electrons. The number of piperidine rings is 1. The Morgan fingerprint density at radius 2 is 2.04 bits per heavy atom. The Bertz CT molecular complexity index is 2090. The van der Waals surface area contributed by atoms with Crippen molar-refractivity contribution in [2.24, 2.45) is 0 Å². The molecule has 0 bridgehead atoms. The normalized spacial score (nSPS) is 16.2. The topological polar surface area (TPSA) is 146 Å². The quantitative estimate of drug-likeness (QED) is 0.190. The maximum atomic E-state index is 15.4. The van der Waals surface area contributed by atoms with Gasteiger partial charge in [-0.1, -0.05) is 6.08 Å². The van der Waals surface area contributed by atoms with Crippen molar-refractivity contribution in [3.05, 3.63) is 78.5 Å². The first-order valence-electron chi connectivity index (χ1n) is 15.4. The van der Waals surface area contributed by atoms with Crippen LogP contribution in [-0.2, 0) is 4.79 Å². The maximum Gasteiger partial charge on any atom is 0.296 e. The van der Waals surface area contributed by atoms with Gasteiger partial charge in [0.2, 0.25) is 11.8 Å². The van der Waals surface area contributed by atoms with E-state index >= 15 is 8.78 Å². The van der Waals surface area contributed by atoms with E-state index in [4.69, 9.17) is 9.47 Å². The first-order valence-corrected chi connectivity index (χ1v) is 15.4. The molecule has 15 heteroatoms. The van der Waals surface area contributed by atoms with Crippen LogP contribution in [-0.4, -0.2) is 93.1 Å². The van der Waals surface area contributed by atoms with Crippen molar-refractivity contribution < 1.29 is 23.0 Å². The van der Waals surface area contributed by atoms with Gasteiger partial charge in [0.05, 0.1) is 34.4 Å². The molecule has 49 heavy (non-hydrogen) atoms. The van der Waals surface area contributed by atoms with Gasteiger partial charge in [-0.25, -0.2) is 23.3 Å². The summed E-state index contributed by atoms with van der Waals surface area (Å²) in [4.78, 5) is 29.2. The van der Waals surface area contributed by atoms with Crippen LogP contribution in [0.25, 0.3) is 16.6 Å². The molecule has 1 amide bonds. The number of ether oxygens (including phenoxy) is 2. The summed E-state index contributed by atoms with van der Waals surface area (Å²) in [5.74, 6) is -2.81. The molecule has 1 fully saturated rings. The molecule has 1 atom stereocenters. The minimum atomic E-state index is -3.18. The van der Waals surface area contributed by atoms with Gasteiger partial charge in [-0.3, -0.25) is 9.78 Å². The summed E-state index contributed by atoms with van der Waals surface area (Å²) >= 11 is 0. The molecule has 6 rings (SSSR count). The van der Waals surface area contributed by atoms with Crippen LogP contribution in [0, 0.1) is 18.3 Å². The molecule has 2 aromatic carbocycles. The Hall–Kier alpha value is -5.72. The Labute approximate surface area is 280 Å². The van der Waals surface area contributed by atoms with E-state index in [-0.39, 0.29) is 34.5 Å². The second kappa shape index (κ2) is 13.8. The summed E-state index contributed by atoms with van der Waals surface area (Å²) in [6, 6.07) is 12.3. The lowest BCUT2D eigenvalue weighted by molar-refractivity contribution is -0.134. The summed E-state index contributed by atoms with van der Waals surface area (Å²) < 4.78 is 44.4. The zero-order valence-electron chi connectivity index (χ0n) is 27.3. The lowest BCUT2D eigenvalue weighted by Crippen LogP contribution is -2.52. The minimum absolute atomic E-state index is 0.0141. The Balaban J connectivity index is 1.39. The van der Waals surface area contributed by atoms with Gasteiger partial charge in [0.15, 0.2) is 17.5 Å². The van der Waals surface area contributed by atoms with Crippen molar-refractivity contribution in [2.45, 2.75) is 25.4 Å². The number of rotatable bonds is 10. The molecule has 3 aromatic heterocycles. The predicted octanol–water partition coefficient (Wildman–Crippen LogP) is 5.16. The second-order valence-corrected chi connectivity index (χ2v) is 12.0. The Morgan fingerprint density at radius 3 is 2.80 bits per heavy atom. The van der Waals surface area contributed by atoms with E-state index in [1.54, 1.807) is 48.4 Å². The number of hydrogen-bond donors (Lipinski definition) is 2. The molecule has 0 aliphatic carbocycles. The third-order valence-corrected chi connectivity index (χ3v) is 7.90.